The van der Waals surface area contributed by atoms with E-state index in [1.54, 1.807) is 7.11 Å². The minimum absolute atomic E-state index is 0.0294. The van der Waals surface area contributed by atoms with Crippen molar-refractivity contribution in [3.8, 4) is 0 Å². The number of rotatable bonds is 4. The molecular formula is C14H19NO2. The SMILES string of the molecule is COCC(=O)NC1(c2ccccc2)CCCC1. The van der Waals surface area contributed by atoms with Crippen molar-refractivity contribution in [3.05, 3.63) is 35.9 Å². The topological polar surface area (TPSA) is 38.3 Å². The van der Waals surface area contributed by atoms with E-state index < -0.39 is 0 Å². The molecule has 0 radical (unpaired) electrons. The molecule has 0 aromatic heterocycles. The number of hydrogen-bond acceptors (Lipinski definition) is 2. The first-order chi connectivity index (χ1) is 8.27. The zero-order chi connectivity index (χ0) is 12.1. The first-order valence-corrected chi connectivity index (χ1v) is 6.12. The summed E-state index contributed by atoms with van der Waals surface area (Å²) in [6.07, 6.45) is 4.38. The predicted octanol–water partition coefficient (Wildman–Crippen LogP) is 2.22. The lowest BCUT2D eigenvalue weighted by molar-refractivity contribution is -0.126. The number of methoxy groups -OCH3 is 1. The highest BCUT2D eigenvalue weighted by Gasteiger charge is 2.36. The molecule has 0 heterocycles. The normalized spacial score (nSPS) is 17.9. The van der Waals surface area contributed by atoms with Gasteiger partial charge in [-0.05, 0) is 18.4 Å². The highest BCUT2D eigenvalue weighted by molar-refractivity contribution is 5.78. The summed E-state index contributed by atoms with van der Waals surface area (Å²) in [5.74, 6) is -0.0294. The number of benzene rings is 1. The molecule has 2 rings (SSSR count). The lowest BCUT2D eigenvalue weighted by Crippen LogP contribution is -2.45. The van der Waals surface area contributed by atoms with Crippen molar-refractivity contribution in [1.82, 2.24) is 5.32 Å². The summed E-state index contributed by atoms with van der Waals surface area (Å²) in [5, 5.41) is 3.15. The molecule has 0 unspecified atom stereocenters. The van der Waals surface area contributed by atoms with Crippen LogP contribution in [0.4, 0.5) is 0 Å². The fraction of sp³-hybridized carbons (Fsp3) is 0.500. The van der Waals surface area contributed by atoms with Gasteiger partial charge >= 0.3 is 0 Å². The van der Waals surface area contributed by atoms with Crippen molar-refractivity contribution in [1.29, 1.82) is 0 Å². The summed E-state index contributed by atoms with van der Waals surface area (Å²) in [6, 6.07) is 10.2. The number of carbonyl (C=O) groups excluding carboxylic acids is 1. The van der Waals surface area contributed by atoms with Crippen LogP contribution in [0.1, 0.15) is 31.2 Å². The average Bonchev–Trinajstić information content (AvgIpc) is 2.80. The minimum atomic E-state index is -0.170. The molecule has 3 nitrogen and oxygen atoms in total. The molecule has 17 heavy (non-hydrogen) atoms. The van der Waals surface area contributed by atoms with Crippen molar-refractivity contribution in [3.63, 3.8) is 0 Å². The second-order valence-corrected chi connectivity index (χ2v) is 4.64. The number of nitrogens with one attached hydrogen (secondary N) is 1. The van der Waals surface area contributed by atoms with Gasteiger partial charge in [-0.2, -0.15) is 0 Å². The zero-order valence-electron chi connectivity index (χ0n) is 10.2. The Morgan fingerprint density at radius 1 is 1.29 bits per heavy atom. The molecule has 1 saturated carbocycles. The van der Waals surface area contributed by atoms with Gasteiger partial charge in [0.25, 0.3) is 0 Å². The Hall–Kier alpha value is -1.35. The van der Waals surface area contributed by atoms with Crippen molar-refractivity contribution in [2.45, 2.75) is 31.2 Å². The second kappa shape index (κ2) is 5.32. The van der Waals surface area contributed by atoms with Gasteiger partial charge in [-0.3, -0.25) is 4.79 Å². The molecule has 1 fully saturated rings. The second-order valence-electron chi connectivity index (χ2n) is 4.64. The van der Waals surface area contributed by atoms with Gasteiger partial charge in [0.1, 0.15) is 6.61 Å². The van der Waals surface area contributed by atoms with Gasteiger partial charge in [-0.15, -0.1) is 0 Å². The van der Waals surface area contributed by atoms with E-state index in [-0.39, 0.29) is 18.1 Å². The smallest absolute Gasteiger partial charge is 0.246 e. The van der Waals surface area contributed by atoms with E-state index in [1.807, 2.05) is 18.2 Å². The van der Waals surface area contributed by atoms with Crippen molar-refractivity contribution >= 4 is 5.91 Å². The summed E-state index contributed by atoms with van der Waals surface area (Å²) in [6.45, 7) is 0.134. The molecule has 0 spiro atoms. The van der Waals surface area contributed by atoms with Crippen LogP contribution < -0.4 is 5.32 Å². The Balaban J connectivity index is 2.18. The monoisotopic (exact) mass is 233 g/mol. The van der Waals surface area contributed by atoms with Gasteiger partial charge in [-0.1, -0.05) is 43.2 Å². The van der Waals surface area contributed by atoms with Gasteiger partial charge in [0.15, 0.2) is 0 Å². The molecule has 1 aliphatic rings. The number of hydrogen-bond donors (Lipinski definition) is 1. The van der Waals surface area contributed by atoms with Crippen LogP contribution in [0.3, 0.4) is 0 Å². The maximum atomic E-state index is 11.7. The quantitative estimate of drug-likeness (QED) is 0.866. The fourth-order valence-corrected chi connectivity index (χ4v) is 2.66. The van der Waals surface area contributed by atoms with Crippen molar-refractivity contribution in [2.75, 3.05) is 13.7 Å². The highest BCUT2D eigenvalue weighted by Crippen LogP contribution is 2.38. The van der Waals surface area contributed by atoms with Gasteiger partial charge in [0, 0.05) is 7.11 Å². The Morgan fingerprint density at radius 2 is 1.94 bits per heavy atom. The van der Waals surface area contributed by atoms with Crippen LogP contribution in [0, 0.1) is 0 Å². The Labute approximate surface area is 102 Å². The Kier molecular flexibility index (Phi) is 3.79. The summed E-state index contributed by atoms with van der Waals surface area (Å²) >= 11 is 0. The molecule has 3 heteroatoms. The summed E-state index contributed by atoms with van der Waals surface area (Å²) in [4.78, 5) is 11.7. The number of ether oxygens (including phenoxy) is 1. The largest absolute Gasteiger partial charge is 0.375 e. The van der Waals surface area contributed by atoms with E-state index in [1.165, 1.54) is 18.4 Å². The van der Waals surface area contributed by atoms with E-state index in [0.717, 1.165) is 12.8 Å². The molecule has 1 aromatic rings. The summed E-state index contributed by atoms with van der Waals surface area (Å²) in [5.41, 5.74) is 1.04. The molecule has 0 atom stereocenters. The zero-order valence-corrected chi connectivity index (χ0v) is 10.2. The van der Waals surface area contributed by atoms with E-state index in [9.17, 15) is 4.79 Å². The standard InChI is InChI=1S/C14H19NO2/c1-17-11-13(16)15-14(9-5-6-10-14)12-7-3-2-4-8-12/h2-4,7-8H,5-6,9-11H2,1H3,(H,15,16). The van der Waals surface area contributed by atoms with Crippen molar-refractivity contribution < 1.29 is 9.53 Å². The number of carbonyl (C=O) groups is 1. The van der Waals surface area contributed by atoms with Crippen LogP contribution >= 0.6 is 0 Å². The van der Waals surface area contributed by atoms with Crippen LogP contribution in [-0.2, 0) is 15.1 Å². The molecule has 0 bridgehead atoms. The highest BCUT2D eigenvalue weighted by atomic mass is 16.5. The first kappa shape index (κ1) is 12.1. The first-order valence-electron chi connectivity index (χ1n) is 6.12. The molecule has 0 aliphatic heterocycles. The minimum Gasteiger partial charge on any atom is -0.375 e. The van der Waals surface area contributed by atoms with Gasteiger partial charge < -0.3 is 10.1 Å². The summed E-state index contributed by atoms with van der Waals surface area (Å²) in [7, 11) is 1.55. The van der Waals surface area contributed by atoms with Crippen LogP contribution in [0.5, 0.6) is 0 Å². The van der Waals surface area contributed by atoms with Gasteiger partial charge in [-0.25, -0.2) is 0 Å². The molecule has 92 valence electrons. The average molecular weight is 233 g/mol. The van der Waals surface area contributed by atoms with E-state index >= 15 is 0 Å². The molecular weight excluding hydrogens is 214 g/mol. The molecule has 1 amide bonds. The van der Waals surface area contributed by atoms with Crippen LogP contribution in [-0.4, -0.2) is 19.6 Å². The Morgan fingerprint density at radius 3 is 2.53 bits per heavy atom. The third kappa shape index (κ3) is 2.67. The lowest BCUT2D eigenvalue weighted by Gasteiger charge is -2.31. The predicted molar refractivity (Wildman–Crippen MR) is 66.6 cm³/mol. The van der Waals surface area contributed by atoms with Gasteiger partial charge in [0.2, 0.25) is 5.91 Å². The maximum Gasteiger partial charge on any atom is 0.246 e. The van der Waals surface area contributed by atoms with Crippen LogP contribution in [0.2, 0.25) is 0 Å². The molecule has 1 aliphatic carbocycles. The van der Waals surface area contributed by atoms with Crippen LogP contribution in [0.25, 0.3) is 0 Å². The van der Waals surface area contributed by atoms with Gasteiger partial charge in [0.05, 0.1) is 5.54 Å². The third-order valence-electron chi connectivity index (χ3n) is 3.44. The van der Waals surface area contributed by atoms with Crippen molar-refractivity contribution in [2.24, 2.45) is 0 Å². The van der Waals surface area contributed by atoms with E-state index in [4.69, 9.17) is 4.74 Å². The van der Waals surface area contributed by atoms with Crippen LogP contribution in [0.15, 0.2) is 30.3 Å². The molecule has 0 saturated heterocycles. The third-order valence-corrected chi connectivity index (χ3v) is 3.44. The molecule has 1 N–H and O–H groups in total. The van der Waals surface area contributed by atoms with E-state index in [2.05, 4.69) is 17.4 Å². The summed E-state index contributed by atoms with van der Waals surface area (Å²) < 4.78 is 4.88. The Bertz CT molecular complexity index is 369. The lowest BCUT2D eigenvalue weighted by atomic mass is 9.88. The van der Waals surface area contributed by atoms with E-state index in [0.29, 0.717) is 0 Å². The molecule has 1 aromatic carbocycles. The fourth-order valence-electron chi connectivity index (χ4n) is 2.66. The number of amides is 1. The maximum absolute atomic E-state index is 11.7.